The zero-order valence-electron chi connectivity index (χ0n) is 11.5. The Morgan fingerprint density at radius 2 is 1.89 bits per heavy atom. The second kappa shape index (κ2) is 6.55. The highest BCUT2D eigenvalue weighted by atomic mass is 16.4. The Morgan fingerprint density at radius 1 is 1.28 bits per heavy atom. The van der Waals surface area contributed by atoms with Gasteiger partial charge in [0.05, 0.1) is 5.41 Å². The van der Waals surface area contributed by atoms with Crippen LogP contribution >= 0.6 is 0 Å². The van der Waals surface area contributed by atoms with Crippen LogP contribution in [0.5, 0.6) is 0 Å². The molecule has 0 saturated heterocycles. The van der Waals surface area contributed by atoms with E-state index in [-0.39, 0.29) is 0 Å². The SMILES string of the molecule is CCN(CCC(C)(C)C(=O)O)Cc1ccccc1. The number of benzene rings is 1. The molecular weight excluding hydrogens is 226 g/mol. The standard InChI is InChI=1S/C15H23NO2/c1-4-16(11-10-15(2,3)14(17)18)12-13-8-6-5-7-9-13/h5-9H,4,10-12H2,1-3H3,(H,17,18). The minimum atomic E-state index is -0.724. The van der Waals surface area contributed by atoms with E-state index in [1.807, 2.05) is 18.2 Å². The molecule has 1 N–H and O–H groups in total. The van der Waals surface area contributed by atoms with Crippen molar-refractivity contribution in [2.24, 2.45) is 5.41 Å². The molecule has 1 aromatic carbocycles. The number of rotatable bonds is 7. The highest BCUT2D eigenvalue weighted by Gasteiger charge is 2.27. The lowest BCUT2D eigenvalue weighted by molar-refractivity contribution is -0.147. The third-order valence-corrected chi connectivity index (χ3v) is 3.33. The van der Waals surface area contributed by atoms with Gasteiger partial charge in [0.2, 0.25) is 0 Å². The number of carboxylic acids is 1. The van der Waals surface area contributed by atoms with Gasteiger partial charge in [-0.1, -0.05) is 37.3 Å². The van der Waals surface area contributed by atoms with Crippen LogP contribution in [0.25, 0.3) is 0 Å². The van der Waals surface area contributed by atoms with Crippen molar-refractivity contribution in [1.82, 2.24) is 4.90 Å². The van der Waals surface area contributed by atoms with Crippen LogP contribution in [0.1, 0.15) is 32.8 Å². The molecule has 18 heavy (non-hydrogen) atoms. The molecule has 0 aliphatic heterocycles. The van der Waals surface area contributed by atoms with Gasteiger partial charge < -0.3 is 5.11 Å². The van der Waals surface area contributed by atoms with Crippen molar-refractivity contribution in [3.05, 3.63) is 35.9 Å². The van der Waals surface area contributed by atoms with E-state index in [1.54, 1.807) is 13.8 Å². The number of carbonyl (C=O) groups is 1. The molecule has 0 atom stereocenters. The second-order valence-electron chi connectivity index (χ2n) is 5.29. The summed E-state index contributed by atoms with van der Waals surface area (Å²) in [6.45, 7) is 8.30. The van der Waals surface area contributed by atoms with Gasteiger partial charge in [-0.3, -0.25) is 9.69 Å². The van der Waals surface area contributed by atoms with Crippen LogP contribution in [-0.4, -0.2) is 29.1 Å². The fourth-order valence-corrected chi connectivity index (χ4v) is 1.74. The van der Waals surface area contributed by atoms with Crippen LogP contribution < -0.4 is 0 Å². The first-order chi connectivity index (χ1) is 8.45. The molecule has 3 heteroatoms. The summed E-state index contributed by atoms with van der Waals surface area (Å²) in [5.41, 5.74) is 0.622. The van der Waals surface area contributed by atoms with Crippen molar-refractivity contribution in [1.29, 1.82) is 0 Å². The number of carboxylic acid groups (broad SMARTS) is 1. The van der Waals surface area contributed by atoms with E-state index in [2.05, 4.69) is 24.0 Å². The molecule has 0 aliphatic rings. The number of hydrogen-bond acceptors (Lipinski definition) is 2. The summed E-state index contributed by atoms with van der Waals surface area (Å²) in [5, 5.41) is 9.10. The zero-order valence-corrected chi connectivity index (χ0v) is 11.5. The van der Waals surface area contributed by atoms with Crippen molar-refractivity contribution in [2.75, 3.05) is 13.1 Å². The monoisotopic (exact) mass is 249 g/mol. The summed E-state index contributed by atoms with van der Waals surface area (Å²) in [7, 11) is 0. The summed E-state index contributed by atoms with van der Waals surface area (Å²) < 4.78 is 0. The van der Waals surface area contributed by atoms with Gasteiger partial charge in [0.1, 0.15) is 0 Å². The van der Waals surface area contributed by atoms with E-state index in [1.165, 1.54) is 5.56 Å². The maximum Gasteiger partial charge on any atom is 0.309 e. The molecule has 100 valence electrons. The lowest BCUT2D eigenvalue weighted by Gasteiger charge is -2.25. The molecule has 1 rings (SSSR count). The van der Waals surface area contributed by atoms with Gasteiger partial charge in [-0.05, 0) is 38.9 Å². The quantitative estimate of drug-likeness (QED) is 0.807. The molecule has 0 spiro atoms. The van der Waals surface area contributed by atoms with Gasteiger partial charge >= 0.3 is 5.97 Å². The van der Waals surface area contributed by atoms with E-state index < -0.39 is 11.4 Å². The van der Waals surface area contributed by atoms with Gasteiger partial charge in [0.15, 0.2) is 0 Å². The molecule has 0 radical (unpaired) electrons. The maximum absolute atomic E-state index is 11.1. The third kappa shape index (κ3) is 4.49. The maximum atomic E-state index is 11.1. The van der Waals surface area contributed by atoms with Crippen LogP contribution in [0.4, 0.5) is 0 Å². The second-order valence-corrected chi connectivity index (χ2v) is 5.29. The number of aliphatic carboxylic acids is 1. The largest absolute Gasteiger partial charge is 0.481 e. The average molecular weight is 249 g/mol. The van der Waals surface area contributed by atoms with Crippen molar-refractivity contribution in [2.45, 2.75) is 33.7 Å². The minimum Gasteiger partial charge on any atom is -0.481 e. The van der Waals surface area contributed by atoms with Crippen LogP contribution in [0.2, 0.25) is 0 Å². The zero-order chi connectivity index (χ0) is 13.6. The van der Waals surface area contributed by atoms with E-state index in [0.717, 1.165) is 19.6 Å². The number of nitrogens with zero attached hydrogens (tertiary/aromatic N) is 1. The van der Waals surface area contributed by atoms with Crippen molar-refractivity contribution < 1.29 is 9.90 Å². The Balaban J connectivity index is 2.51. The molecule has 0 bridgehead atoms. The van der Waals surface area contributed by atoms with Gasteiger partial charge in [0.25, 0.3) is 0 Å². The smallest absolute Gasteiger partial charge is 0.309 e. The molecule has 0 aromatic heterocycles. The Hall–Kier alpha value is -1.35. The fourth-order valence-electron chi connectivity index (χ4n) is 1.74. The third-order valence-electron chi connectivity index (χ3n) is 3.33. The summed E-state index contributed by atoms with van der Waals surface area (Å²) in [4.78, 5) is 13.3. The van der Waals surface area contributed by atoms with Crippen LogP contribution in [0.15, 0.2) is 30.3 Å². The van der Waals surface area contributed by atoms with Gasteiger partial charge in [0, 0.05) is 6.54 Å². The van der Waals surface area contributed by atoms with E-state index >= 15 is 0 Å². The highest BCUT2D eigenvalue weighted by Crippen LogP contribution is 2.21. The normalized spacial score (nSPS) is 11.8. The summed E-state index contributed by atoms with van der Waals surface area (Å²) >= 11 is 0. The molecule has 0 unspecified atom stereocenters. The molecule has 0 heterocycles. The van der Waals surface area contributed by atoms with E-state index in [0.29, 0.717) is 6.42 Å². The first-order valence-electron chi connectivity index (χ1n) is 6.45. The summed E-state index contributed by atoms with van der Waals surface area (Å²) in [6, 6.07) is 10.3. The highest BCUT2D eigenvalue weighted by molar-refractivity contribution is 5.73. The van der Waals surface area contributed by atoms with Crippen LogP contribution in [0, 0.1) is 5.41 Å². The lowest BCUT2D eigenvalue weighted by atomic mass is 9.89. The average Bonchev–Trinajstić information content (AvgIpc) is 2.35. The fraction of sp³-hybridized carbons (Fsp3) is 0.533. The Morgan fingerprint density at radius 3 is 2.39 bits per heavy atom. The molecule has 0 aliphatic carbocycles. The van der Waals surface area contributed by atoms with Crippen molar-refractivity contribution in [3.63, 3.8) is 0 Å². The van der Waals surface area contributed by atoms with Gasteiger partial charge in [-0.2, -0.15) is 0 Å². The summed E-state index contributed by atoms with van der Waals surface area (Å²) in [5.74, 6) is -0.724. The van der Waals surface area contributed by atoms with E-state index in [9.17, 15) is 4.79 Å². The lowest BCUT2D eigenvalue weighted by Crippen LogP contribution is -2.31. The predicted octanol–water partition coefficient (Wildman–Crippen LogP) is 3.01. The summed E-state index contributed by atoms with van der Waals surface area (Å²) in [6.07, 6.45) is 0.670. The van der Waals surface area contributed by atoms with Gasteiger partial charge in [-0.15, -0.1) is 0 Å². The Bertz CT molecular complexity index is 373. The molecule has 3 nitrogen and oxygen atoms in total. The van der Waals surface area contributed by atoms with Crippen LogP contribution in [-0.2, 0) is 11.3 Å². The molecule has 0 fully saturated rings. The first-order valence-corrected chi connectivity index (χ1v) is 6.45. The van der Waals surface area contributed by atoms with Crippen molar-refractivity contribution in [3.8, 4) is 0 Å². The van der Waals surface area contributed by atoms with Crippen LogP contribution in [0.3, 0.4) is 0 Å². The van der Waals surface area contributed by atoms with E-state index in [4.69, 9.17) is 5.11 Å². The Labute approximate surface area is 109 Å². The van der Waals surface area contributed by atoms with Gasteiger partial charge in [-0.25, -0.2) is 0 Å². The molecule has 0 amide bonds. The Kier molecular flexibility index (Phi) is 5.35. The molecule has 0 saturated carbocycles. The predicted molar refractivity (Wildman–Crippen MR) is 73.4 cm³/mol. The number of hydrogen-bond donors (Lipinski definition) is 1. The topological polar surface area (TPSA) is 40.5 Å². The first kappa shape index (κ1) is 14.7. The molecule has 1 aromatic rings. The molecular formula is C15H23NO2. The minimum absolute atomic E-state index is 0.649. The van der Waals surface area contributed by atoms with Crippen molar-refractivity contribution >= 4 is 5.97 Å².